The van der Waals surface area contributed by atoms with Crippen molar-refractivity contribution < 1.29 is 37.0 Å². The second-order valence-corrected chi connectivity index (χ2v) is 7.54. The van der Waals surface area contributed by atoms with Crippen LogP contribution >= 0.6 is 0 Å². The van der Waals surface area contributed by atoms with E-state index in [1.165, 1.54) is 36.4 Å². The number of esters is 1. The van der Waals surface area contributed by atoms with Crippen LogP contribution in [0.4, 0.5) is 23.7 Å². The van der Waals surface area contributed by atoms with Gasteiger partial charge in [0.05, 0.1) is 24.0 Å². The van der Waals surface area contributed by atoms with Crippen molar-refractivity contribution in [2.45, 2.75) is 25.9 Å². The first-order valence-electron chi connectivity index (χ1n) is 10.3. The van der Waals surface area contributed by atoms with Gasteiger partial charge in [0.1, 0.15) is 11.8 Å². The van der Waals surface area contributed by atoms with E-state index in [0.717, 1.165) is 17.0 Å². The molecule has 11 heteroatoms. The van der Waals surface area contributed by atoms with E-state index in [-0.39, 0.29) is 18.0 Å². The van der Waals surface area contributed by atoms with Crippen molar-refractivity contribution in [1.82, 2.24) is 9.88 Å². The summed E-state index contributed by atoms with van der Waals surface area (Å²) in [5, 5.41) is 0. The molecule has 8 nitrogen and oxygen atoms in total. The van der Waals surface area contributed by atoms with Crippen molar-refractivity contribution in [3.8, 4) is 11.5 Å². The number of benzene rings is 2. The molecular formula is C24H18F3N3O5. The van der Waals surface area contributed by atoms with Crippen molar-refractivity contribution in [2.24, 2.45) is 0 Å². The SMILES string of the molecule is CC1C(=O)N(c2ccc(OC(F)(F)F)cc2)C(=O)N1Cc1ccncc1OC(=O)c1ccccc1. The normalized spacial score (nSPS) is 15.9. The fourth-order valence-electron chi connectivity index (χ4n) is 3.50. The summed E-state index contributed by atoms with van der Waals surface area (Å²) >= 11 is 0. The molecule has 1 unspecified atom stereocenters. The van der Waals surface area contributed by atoms with Gasteiger partial charge >= 0.3 is 18.4 Å². The van der Waals surface area contributed by atoms with Gasteiger partial charge in [0.15, 0.2) is 5.75 Å². The smallest absolute Gasteiger partial charge is 0.421 e. The Morgan fingerprint density at radius 3 is 2.37 bits per heavy atom. The summed E-state index contributed by atoms with van der Waals surface area (Å²) in [6, 6.07) is 12.7. The van der Waals surface area contributed by atoms with Gasteiger partial charge in [0.2, 0.25) is 0 Å². The lowest BCUT2D eigenvalue weighted by Crippen LogP contribution is -2.33. The molecule has 0 bridgehead atoms. The molecule has 0 saturated carbocycles. The molecule has 35 heavy (non-hydrogen) atoms. The average Bonchev–Trinajstić information content (AvgIpc) is 3.03. The summed E-state index contributed by atoms with van der Waals surface area (Å²) in [6.07, 6.45) is -2.07. The summed E-state index contributed by atoms with van der Waals surface area (Å²) < 4.78 is 46.5. The van der Waals surface area contributed by atoms with Crippen molar-refractivity contribution in [1.29, 1.82) is 0 Å². The second-order valence-electron chi connectivity index (χ2n) is 7.54. The van der Waals surface area contributed by atoms with Gasteiger partial charge in [0.25, 0.3) is 5.91 Å². The number of hydrogen-bond donors (Lipinski definition) is 0. The molecule has 1 saturated heterocycles. The number of aromatic nitrogens is 1. The van der Waals surface area contributed by atoms with Gasteiger partial charge in [-0.1, -0.05) is 18.2 Å². The zero-order valence-corrected chi connectivity index (χ0v) is 18.2. The first-order chi connectivity index (χ1) is 16.6. The van der Waals surface area contributed by atoms with Crippen LogP contribution in [0.5, 0.6) is 11.5 Å². The van der Waals surface area contributed by atoms with Gasteiger partial charge in [-0.2, -0.15) is 0 Å². The van der Waals surface area contributed by atoms with E-state index < -0.39 is 36.1 Å². The van der Waals surface area contributed by atoms with Crippen LogP contribution in [0.2, 0.25) is 0 Å². The molecule has 1 aliphatic rings. The summed E-state index contributed by atoms with van der Waals surface area (Å²) in [7, 11) is 0. The highest BCUT2D eigenvalue weighted by atomic mass is 19.4. The number of imide groups is 1. The predicted molar refractivity (Wildman–Crippen MR) is 117 cm³/mol. The third-order valence-corrected chi connectivity index (χ3v) is 5.23. The van der Waals surface area contributed by atoms with Gasteiger partial charge in [-0.3, -0.25) is 9.78 Å². The number of hydrogen-bond acceptors (Lipinski definition) is 6. The van der Waals surface area contributed by atoms with Gasteiger partial charge in [0, 0.05) is 11.8 Å². The van der Waals surface area contributed by atoms with Crippen LogP contribution in [0, 0.1) is 0 Å². The van der Waals surface area contributed by atoms with Crippen molar-refractivity contribution in [2.75, 3.05) is 4.90 Å². The third-order valence-electron chi connectivity index (χ3n) is 5.23. The van der Waals surface area contributed by atoms with Crippen LogP contribution < -0.4 is 14.4 Å². The molecule has 2 aromatic carbocycles. The number of nitrogens with zero attached hydrogens (tertiary/aromatic N) is 3. The van der Waals surface area contributed by atoms with Gasteiger partial charge < -0.3 is 14.4 Å². The minimum atomic E-state index is -4.86. The lowest BCUT2D eigenvalue weighted by molar-refractivity contribution is -0.274. The first kappa shape index (κ1) is 23.7. The number of anilines is 1. The number of ether oxygens (including phenoxy) is 2. The summed E-state index contributed by atoms with van der Waals surface area (Å²) in [5.74, 6) is -1.52. The topological polar surface area (TPSA) is 89.0 Å². The lowest BCUT2D eigenvalue weighted by Gasteiger charge is -2.20. The monoisotopic (exact) mass is 485 g/mol. The molecule has 0 radical (unpaired) electrons. The molecule has 3 aromatic rings. The first-order valence-corrected chi connectivity index (χ1v) is 10.3. The van der Waals surface area contributed by atoms with Crippen LogP contribution in [0.15, 0.2) is 73.1 Å². The van der Waals surface area contributed by atoms with E-state index in [0.29, 0.717) is 11.1 Å². The molecule has 1 aliphatic heterocycles. The van der Waals surface area contributed by atoms with Crippen LogP contribution in [-0.4, -0.2) is 40.2 Å². The number of rotatable bonds is 6. The molecule has 1 aromatic heterocycles. The number of amides is 3. The Kier molecular flexibility index (Phi) is 6.41. The van der Waals surface area contributed by atoms with Crippen molar-refractivity contribution >= 4 is 23.6 Å². The van der Waals surface area contributed by atoms with Gasteiger partial charge in [-0.15, -0.1) is 13.2 Å². The second kappa shape index (κ2) is 9.45. The van der Waals surface area contributed by atoms with E-state index in [1.54, 1.807) is 36.4 Å². The highest BCUT2D eigenvalue weighted by molar-refractivity contribution is 6.21. The Hall–Kier alpha value is -4.41. The number of carbonyl (C=O) groups is 3. The number of pyridine rings is 1. The molecule has 1 atom stereocenters. The van der Waals surface area contributed by atoms with Crippen molar-refractivity contribution in [3.63, 3.8) is 0 Å². The van der Waals surface area contributed by atoms with Crippen molar-refractivity contribution in [3.05, 3.63) is 84.2 Å². The van der Waals surface area contributed by atoms with Crippen LogP contribution in [0.1, 0.15) is 22.8 Å². The zero-order chi connectivity index (χ0) is 25.2. The minimum Gasteiger partial charge on any atom is -0.421 e. The maximum absolute atomic E-state index is 13.1. The maximum atomic E-state index is 13.1. The number of carbonyl (C=O) groups excluding carboxylic acids is 3. The summed E-state index contributed by atoms with van der Waals surface area (Å²) in [6.45, 7) is 1.45. The molecular weight excluding hydrogens is 467 g/mol. The zero-order valence-electron chi connectivity index (χ0n) is 18.2. The molecule has 4 rings (SSSR count). The number of halogens is 3. The molecule has 3 amide bonds. The number of urea groups is 1. The molecule has 180 valence electrons. The Bertz CT molecular complexity index is 1250. The van der Waals surface area contributed by atoms with E-state index in [9.17, 15) is 27.6 Å². The highest BCUT2D eigenvalue weighted by Crippen LogP contribution is 2.31. The van der Waals surface area contributed by atoms with E-state index in [1.807, 2.05) is 0 Å². The molecule has 1 fully saturated rings. The molecule has 0 aliphatic carbocycles. The fourth-order valence-corrected chi connectivity index (χ4v) is 3.50. The predicted octanol–water partition coefficient (Wildman–Crippen LogP) is 4.56. The van der Waals surface area contributed by atoms with Crippen LogP contribution in [0.3, 0.4) is 0 Å². The summed E-state index contributed by atoms with van der Waals surface area (Å²) in [4.78, 5) is 44.5. The molecule has 0 spiro atoms. The molecule has 2 heterocycles. The summed E-state index contributed by atoms with van der Waals surface area (Å²) in [5.41, 5.74) is 0.856. The van der Waals surface area contributed by atoms with E-state index in [2.05, 4.69) is 9.72 Å². The fraction of sp³-hybridized carbons (Fsp3) is 0.167. The van der Waals surface area contributed by atoms with Gasteiger partial charge in [-0.05, 0) is 49.4 Å². The van der Waals surface area contributed by atoms with E-state index in [4.69, 9.17) is 4.74 Å². The van der Waals surface area contributed by atoms with Crippen LogP contribution in [-0.2, 0) is 11.3 Å². The minimum absolute atomic E-state index is 0.0720. The van der Waals surface area contributed by atoms with Gasteiger partial charge in [-0.25, -0.2) is 14.5 Å². The quantitative estimate of drug-likeness (QED) is 0.376. The largest absolute Gasteiger partial charge is 0.573 e. The Balaban J connectivity index is 1.53. The number of alkyl halides is 3. The standard InChI is InChI=1S/C24H18F3N3O5/c1-15-21(31)30(18-7-9-19(10-8-18)35-24(25,26)27)23(33)29(15)14-17-11-12-28-13-20(17)34-22(32)16-5-3-2-4-6-16/h2-13,15H,14H2,1H3. The Morgan fingerprint density at radius 1 is 1.03 bits per heavy atom. The lowest BCUT2D eigenvalue weighted by atomic mass is 10.2. The Labute approximate surface area is 197 Å². The Morgan fingerprint density at radius 2 is 1.71 bits per heavy atom. The molecule has 0 N–H and O–H groups in total. The average molecular weight is 485 g/mol. The maximum Gasteiger partial charge on any atom is 0.573 e. The third kappa shape index (κ3) is 5.24. The van der Waals surface area contributed by atoms with E-state index >= 15 is 0 Å². The highest BCUT2D eigenvalue weighted by Gasteiger charge is 2.43. The van der Waals surface area contributed by atoms with Crippen LogP contribution in [0.25, 0.3) is 0 Å².